The van der Waals surface area contributed by atoms with Crippen molar-refractivity contribution in [3.8, 4) is 0 Å². The summed E-state index contributed by atoms with van der Waals surface area (Å²) in [5, 5.41) is 14.2. The summed E-state index contributed by atoms with van der Waals surface area (Å²) >= 11 is 0. The molecule has 2 heterocycles. The predicted molar refractivity (Wildman–Crippen MR) is 105 cm³/mol. The van der Waals surface area contributed by atoms with Crippen molar-refractivity contribution in [3.05, 3.63) is 45.5 Å². The van der Waals surface area contributed by atoms with E-state index in [9.17, 15) is 14.9 Å². The average Bonchev–Trinajstić information content (AvgIpc) is 3.14. The number of nitrogens with one attached hydrogen (secondary N) is 3. The lowest BCUT2D eigenvalue weighted by molar-refractivity contribution is -0.528. The third-order valence-electron chi connectivity index (χ3n) is 6.66. The lowest BCUT2D eigenvalue weighted by Gasteiger charge is -2.34. The molecular formula is C20H29N5O3. The molecule has 0 bridgehead atoms. The highest BCUT2D eigenvalue weighted by Gasteiger charge is 2.46. The normalized spacial score (nSPS) is 30.9. The maximum atomic E-state index is 12.8. The number of hydrogen-bond acceptors (Lipinski definition) is 6. The summed E-state index contributed by atoms with van der Waals surface area (Å²) in [6.45, 7) is 4.62. The van der Waals surface area contributed by atoms with Gasteiger partial charge >= 0.3 is 0 Å². The third-order valence-corrected chi connectivity index (χ3v) is 6.66. The Morgan fingerprint density at radius 3 is 2.89 bits per heavy atom. The first kappa shape index (κ1) is 19.3. The number of nitro groups is 1. The molecule has 1 saturated carbocycles. The molecule has 0 radical (unpaired) electrons. The van der Waals surface area contributed by atoms with Gasteiger partial charge in [-0.3, -0.25) is 25.2 Å². The summed E-state index contributed by atoms with van der Waals surface area (Å²) in [5.41, 5.74) is 9.02. The van der Waals surface area contributed by atoms with E-state index in [1.54, 1.807) is 0 Å². The van der Waals surface area contributed by atoms with Gasteiger partial charge in [0.1, 0.15) is 6.04 Å². The topological polar surface area (TPSA) is 99.5 Å². The van der Waals surface area contributed by atoms with E-state index in [2.05, 4.69) is 52.3 Å². The number of benzene rings is 1. The Bertz CT molecular complexity index is 742. The number of fused-ring (bicyclic) bond motifs is 2. The molecule has 3 aliphatic rings. The van der Waals surface area contributed by atoms with Crippen LogP contribution in [-0.4, -0.2) is 53.0 Å². The van der Waals surface area contributed by atoms with Gasteiger partial charge in [-0.2, -0.15) is 0 Å². The van der Waals surface area contributed by atoms with E-state index in [1.807, 2.05) is 0 Å². The third kappa shape index (κ3) is 3.90. The minimum absolute atomic E-state index is 0.0266. The molecule has 0 spiro atoms. The van der Waals surface area contributed by atoms with Crippen LogP contribution in [0.25, 0.3) is 0 Å². The van der Waals surface area contributed by atoms with Gasteiger partial charge in [0.15, 0.2) is 0 Å². The minimum Gasteiger partial charge on any atom is -0.353 e. The molecule has 1 amide bonds. The summed E-state index contributed by atoms with van der Waals surface area (Å²) in [5.74, 6) is -0.0884. The average molecular weight is 387 g/mol. The molecule has 1 aliphatic carbocycles. The first-order valence-electron chi connectivity index (χ1n) is 10.3. The second-order valence-corrected chi connectivity index (χ2v) is 8.37. The molecule has 2 aliphatic heterocycles. The van der Waals surface area contributed by atoms with Gasteiger partial charge in [-0.05, 0) is 30.9 Å². The zero-order valence-corrected chi connectivity index (χ0v) is 16.3. The molecule has 4 rings (SSSR count). The van der Waals surface area contributed by atoms with E-state index in [0.29, 0.717) is 19.4 Å². The molecule has 5 atom stereocenters. The number of hydrogen-bond donors (Lipinski definition) is 3. The summed E-state index contributed by atoms with van der Waals surface area (Å²) in [4.78, 5) is 26.1. The molecule has 1 saturated heterocycles. The Hall–Kier alpha value is -2.03. The fourth-order valence-corrected chi connectivity index (χ4v) is 4.87. The predicted octanol–water partition coefficient (Wildman–Crippen LogP) is 0.840. The van der Waals surface area contributed by atoms with Crippen LogP contribution in [0.3, 0.4) is 0 Å². The van der Waals surface area contributed by atoms with E-state index in [4.69, 9.17) is 0 Å². The van der Waals surface area contributed by atoms with Crippen molar-refractivity contribution in [2.45, 2.75) is 63.3 Å². The van der Waals surface area contributed by atoms with Gasteiger partial charge in [0.2, 0.25) is 11.9 Å². The highest BCUT2D eigenvalue weighted by molar-refractivity contribution is 5.82. The molecular weight excluding hydrogens is 358 g/mol. The van der Waals surface area contributed by atoms with Crippen LogP contribution < -0.4 is 16.2 Å². The second-order valence-electron chi connectivity index (χ2n) is 8.37. The van der Waals surface area contributed by atoms with Crippen LogP contribution in [0.2, 0.25) is 0 Å². The van der Waals surface area contributed by atoms with E-state index >= 15 is 0 Å². The van der Waals surface area contributed by atoms with E-state index < -0.39 is 12.1 Å². The van der Waals surface area contributed by atoms with Crippen molar-refractivity contribution in [2.75, 3.05) is 13.1 Å². The van der Waals surface area contributed by atoms with Crippen molar-refractivity contribution in [1.29, 1.82) is 0 Å². The van der Waals surface area contributed by atoms with Crippen molar-refractivity contribution < 1.29 is 9.72 Å². The maximum Gasteiger partial charge on any atom is 0.238 e. The van der Waals surface area contributed by atoms with Crippen LogP contribution in [0.5, 0.6) is 0 Å². The molecule has 1 aromatic rings. The van der Waals surface area contributed by atoms with Crippen LogP contribution in [0.4, 0.5) is 0 Å². The number of amides is 1. The van der Waals surface area contributed by atoms with Crippen LogP contribution in [0.1, 0.15) is 37.3 Å². The van der Waals surface area contributed by atoms with Crippen molar-refractivity contribution in [1.82, 2.24) is 21.1 Å². The Balaban J connectivity index is 1.30. The summed E-state index contributed by atoms with van der Waals surface area (Å²) < 4.78 is 0. The zero-order chi connectivity index (χ0) is 19.7. The van der Waals surface area contributed by atoms with Gasteiger partial charge in [-0.15, -0.1) is 0 Å². The molecule has 8 heteroatoms. The van der Waals surface area contributed by atoms with Crippen LogP contribution in [-0.2, 0) is 17.8 Å². The molecule has 5 unspecified atom stereocenters. The fourth-order valence-electron chi connectivity index (χ4n) is 4.87. The number of carbonyl (C=O) groups excluding carboxylic acids is 1. The summed E-state index contributed by atoms with van der Waals surface area (Å²) in [6.07, 6.45) is 2.80. The Morgan fingerprint density at radius 1 is 1.32 bits per heavy atom. The minimum atomic E-state index is -0.536. The zero-order valence-electron chi connectivity index (χ0n) is 16.3. The lowest BCUT2D eigenvalue weighted by atomic mass is 9.79. The van der Waals surface area contributed by atoms with Crippen LogP contribution in [0, 0.1) is 16.0 Å². The molecule has 152 valence electrons. The smallest absolute Gasteiger partial charge is 0.238 e. The SMILES string of the molecule is CC(CNC(=O)C1NNC2CCC([N+](=O)[O-])CC21)N1CCc2ccccc2C1. The second kappa shape index (κ2) is 8.14. The van der Waals surface area contributed by atoms with Crippen molar-refractivity contribution in [3.63, 3.8) is 0 Å². The molecule has 1 aromatic carbocycles. The highest BCUT2D eigenvalue weighted by Crippen LogP contribution is 2.31. The van der Waals surface area contributed by atoms with E-state index in [-0.39, 0.29) is 28.8 Å². The molecule has 28 heavy (non-hydrogen) atoms. The van der Waals surface area contributed by atoms with Gasteiger partial charge in [-0.1, -0.05) is 24.3 Å². The monoisotopic (exact) mass is 387 g/mol. The van der Waals surface area contributed by atoms with Gasteiger partial charge in [0.25, 0.3) is 0 Å². The Morgan fingerprint density at radius 2 is 2.11 bits per heavy atom. The molecule has 8 nitrogen and oxygen atoms in total. The van der Waals surface area contributed by atoms with Gasteiger partial charge in [0, 0.05) is 55.4 Å². The first-order valence-corrected chi connectivity index (χ1v) is 10.3. The first-order chi connectivity index (χ1) is 13.5. The molecule has 2 fully saturated rings. The number of rotatable bonds is 5. The van der Waals surface area contributed by atoms with Gasteiger partial charge in [0.05, 0.1) is 0 Å². The standard InChI is InChI=1S/C20H29N5O3/c1-13(24-9-8-14-4-2-3-5-15(14)12-24)11-21-20(26)19-17-10-16(25(27)28)6-7-18(17)22-23-19/h2-5,13,16-19,22-23H,6-12H2,1H3,(H,21,26). The molecule has 0 aromatic heterocycles. The van der Waals surface area contributed by atoms with Crippen molar-refractivity contribution in [2.24, 2.45) is 5.92 Å². The molecule has 3 N–H and O–H groups in total. The van der Waals surface area contributed by atoms with Gasteiger partial charge < -0.3 is 5.32 Å². The summed E-state index contributed by atoms with van der Waals surface area (Å²) in [6, 6.07) is 7.97. The highest BCUT2D eigenvalue weighted by atomic mass is 16.6. The van der Waals surface area contributed by atoms with E-state index in [0.717, 1.165) is 25.9 Å². The van der Waals surface area contributed by atoms with Crippen LogP contribution >= 0.6 is 0 Å². The van der Waals surface area contributed by atoms with Crippen molar-refractivity contribution >= 4 is 5.91 Å². The number of carbonyl (C=O) groups is 1. The Kier molecular flexibility index (Phi) is 5.61. The van der Waals surface area contributed by atoms with E-state index in [1.165, 1.54) is 11.1 Å². The lowest BCUT2D eigenvalue weighted by Crippen LogP contribution is -2.51. The largest absolute Gasteiger partial charge is 0.353 e. The Labute approximate surface area is 165 Å². The van der Waals surface area contributed by atoms with Gasteiger partial charge in [-0.25, -0.2) is 5.43 Å². The summed E-state index contributed by atoms with van der Waals surface area (Å²) in [7, 11) is 0. The van der Waals surface area contributed by atoms with Crippen LogP contribution in [0.15, 0.2) is 24.3 Å². The number of hydrazine groups is 1. The number of nitrogens with zero attached hydrogens (tertiary/aromatic N) is 2. The quantitative estimate of drug-likeness (QED) is 0.511. The maximum absolute atomic E-state index is 12.8. The fraction of sp³-hybridized carbons (Fsp3) is 0.650.